The molecule has 0 bridgehead atoms. The number of rotatable bonds is 2. The van der Waals surface area contributed by atoms with Crippen LogP contribution >= 0.6 is 0 Å². The van der Waals surface area contributed by atoms with Gasteiger partial charge in [0.15, 0.2) is 11.5 Å². The molecule has 2 aromatic rings. The van der Waals surface area contributed by atoms with Crippen molar-refractivity contribution in [2.75, 3.05) is 19.8 Å². The van der Waals surface area contributed by atoms with Gasteiger partial charge >= 0.3 is 0 Å². The van der Waals surface area contributed by atoms with Crippen LogP contribution in [0.4, 0.5) is 0 Å². The maximum atomic E-state index is 5.69. The van der Waals surface area contributed by atoms with Crippen LogP contribution in [0.25, 0.3) is 10.9 Å². The van der Waals surface area contributed by atoms with Crippen molar-refractivity contribution in [2.45, 2.75) is 20.4 Å². The molecule has 3 rings (SSSR count). The Hall–Kier alpha value is -1.68. The molecule has 2 heterocycles. The Bertz CT molecular complexity index is 602. The number of ether oxygens (including phenoxy) is 2. The van der Waals surface area contributed by atoms with Gasteiger partial charge < -0.3 is 19.8 Å². The summed E-state index contributed by atoms with van der Waals surface area (Å²) in [6, 6.07) is 4.15. The zero-order chi connectivity index (χ0) is 12.7. The summed E-state index contributed by atoms with van der Waals surface area (Å²) in [4.78, 5) is 0. The molecule has 1 aromatic heterocycles. The molecule has 0 radical (unpaired) electrons. The lowest BCUT2D eigenvalue weighted by Gasteiger charge is -2.18. The fourth-order valence-corrected chi connectivity index (χ4v) is 2.60. The highest BCUT2D eigenvalue weighted by atomic mass is 16.6. The van der Waals surface area contributed by atoms with Crippen LogP contribution in [0.3, 0.4) is 0 Å². The third-order valence-corrected chi connectivity index (χ3v) is 3.66. The number of hydrogen-bond acceptors (Lipinski definition) is 3. The largest absolute Gasteiger partial charge is 0.486 e. The highest BCUT2D eigenvalue weighted by Gasteiger charge is 2.17. The molecule has 18 heavy (non-hydrogen) atoms. The van der Waals surface area contributed by atoms with E-state index in [9.17, 15) is 0 Å². The molecule has 0 amide bonds. The SMILES string of the molecule is Cc1c(C)n(CCN)c2cc3c(cc12)OCCO3. The van der Waals surface area contributed by atoms with Crippen molar-refractivity contribution in [1.29, 1.82) is 0 Å². The second kappa shape index (κ2) is 4.21. The molecule has 4 heteroatoms. The molecule has 0 saturated carbocycles. The van der Waals surface area contributed by atoms with E-state index in [0.29, 0.717) is 19.8 Å². The van der Waals surface area contributed by atoms with Crippen molar-refractivity contribution in [3.8, 4) is 11.5 Å². The van der Waals surface area contributed by atoms with Gasteiger partial charge in [0.2, 0.25) is 0 Å². The van der Waals surface area contributed by atoms with Crippen molar-refractivity contribution < 1.29 is 9.47 Å². The van der Waals surface area contributed by atoms with E-state index < -0.39 is 0 Å². The summed E-state index contributed by atoms with van der Waals surface area (Å²) in [5, 5.41) is 1.23. The number of aromatic nitrogens is 1. The van der Waals surface area contributed by atoms with Crippen molar-refractivity contribution in [3.63, 3.8) is 0 Å². The summed E-state index contributed by atoms with van der Waals surface area (Å²) >= 11 is 0. The average molecular weight is 246 g/mol. The summed E-state index contributed by atoms with van der Waals surface area (Å²) in [5.41, 5.74) is 9.42. The lowest BCUT2D eigenvalue weighted by molar-refractivity contribution is 0.172. The standard InChI is InChI=1S/C14H18N2O2/c1-9-10(2)16(4-3-15)12-8-14-13(7-11(9)12)17-5-6-18-14/h7-8H,3-6,15H2,1-2H3. The topological polar surface area (TPSA) is 49.4 Å². The fraction of sp³-hybridized carbons (Fsp3) is 0.429. The Morgan fingerprint density at radius 2 is 1.83 bits per heavy atom. The maximum Gasteiger partial charge on any atom is 0.163 e. The number of benzene rings is 1. The Morgan fingerprint density at radius 1 is 1.17 bits per heavy atom. The summed E-state index contributed by atoms with van der Waals surface area (Å²) < 4.78 is 13.5. The van der Waals surface area contributed by atoms with Crippen LogP contribution < -0.4 is 15.2 Å². The van der Waals surface area contributed by atoms with Crippen LogP contribution in [-0.2, 0) is 6.54 Å². The van der Waals surface area contributed by atoms with Gasteiger partial charge in [0.05, 0.1) is 5.52 Å². The Morgan fingerprint density at radius 3 is 2.50 bits per heavy atom. The van der Waals surface area contributed by atoms with E-state index in [1.165, 1.54) is 22.2 Å². The van der Waals surface area contributed by atoms with E-state index in [1.807, 2.05) is 0 Å². The summed E-state index contributed by atoms with van der Waals surface area (Å²) in [6.07, 6.45) is 0. The zero-order valence-electron chi connectivity index (χ0n) is 10.8. The van der Waals surface area contributed by atoms with E-state index in [1.54, 1.807) is 0 Å². The molecule has 0 fully saturated rings. The molecule has 2 N–H and O–H groups in total. The Kier molecular flexibility index (Phi) is 2.67. The van der Waals surface area contributed by atoms with Gasteiger partial charge in [0.25, 0.3) is 0 Å². The second-order valence-electron chi connectivity index (χ2n) is 4.66. The van der Waals surface area contributed by atoms with Crippen molar-refractivity contribution in [1.82, 2.24) is 4.57 Å². The molecule has 1 aromatic carbocycles. The monoisotopic (exact) mass is 246 g/mol. The lowest BCUT2D eigenvalue weighted by Crippen LogP contribution is -2.15. The molecular weight excluding hydrogens is 228 g/mol. The smallest absolute Gasteiger partial charge is 0.163 e. The molecular formula is C14H18N2O2. The molecule has 1 aliphatic heterocycles. The quantitative estimate of drug-likeness (QED) is 0.881. The van der Waals surface area contributed by atoms with Crippen LogP contribution in [0.5, 0.6) is 11.5 Å². The van der Waals surface area contributed by atoms with Crippen LogP contribution in [0, 0.1) is 13.8 Å². The Balaban J connectivity index is 2.26. The number of hydrogen-bond donors (Lipinski definition) is 1. The van der Waals surface area contributed by atoms with Gasteiger partial charge in [0.1, 0.15) is 13.2 Å². The first-order valence-electron chi connectivity index (χ1n) is 6.31. The summed E-state index contributed by atoms with van der Waals surface area (Å²) in [7, 11) is 0. The molecule has 0 spiro atoms. The first-order chi connectivity index (χ1) is 8.72. The van der Waals surface area contributed by atoms with Gasteiger partial charge in [-0.05, 0) is 25.5 Å². The van der Waals surface area contributed by atoms with Crippen molar-refractivity contribution in [3.05, 3.63) is 23.4 Å². The molecule has 1 aliphatic rings. The number of fused-ring (bicyclic) bond motifs is 2. The van der Waals surface area contributed by atoms with E-state index in [2.05, 4.69) is 30.5 Å². The molecule has 0 unspecified atom stereocenters. The van der Waals surface area contributed by atoms with Gasteiger partial charge in [-0.3, -0.25) is 0 Å². The maximum absolute atomic E-state index is 5.69. The summed E-state index contributed by atoms with van der Waals surface area (Å²) in [5.74, 6) is 1.69. The van der Waals surface area contributed by atoms with E-state index >= 15 is 0 Å². The molecule has 0 aliphatic carbocycles. The van der Waals surface area contributed by atoms with Gasteiger partial charge in [-0.25, -0.2) is 0 Å². The molecule has 96 valence electrons. The van der Waals surface area contributed by atoms with Crippen LogP contribution in [-0.4, -0.2) is 24.3 Å². The van der Waals surface area contributed by atoms with Crippen LogP contribution in [0.15, 0.2) is 12.1 Å². The normalized spacial score (nSPS) is 14.2. The predicted octanol–water partition coefficient (Wildman–Crippen LogP) is 1.99. The summed E-state index contributed by atoms with van der Waals surface area (Å²) in [6.45, 7) is 6.98. The average Bonchev–Trinajstić information content (AvgIpc) is 2.62. The second-order valence-corrected chi connectivity index (χ2v) is 4.66. The van der Waals surface area contributed by atoms with E-state index in [4.69, 9.17) is 15.2 Å². The number of nitrogens with two attached hydrogens (primary N) is 1. The number of nitrogens with zero attached hydrogens (tertiary/aromatic N) is 1. The van der Waals surface area contributed by atoms with Gasteiger partial charge in [-0.15, -0.1) is 0 Å². The van der Waals surface area contributed by atoms with Gasteiger partial charge in [-0.1, -0.05) is 0 Å². The van der Waals surface area contributed by atoms with Crippen LogP contribution in [0.2, 0.25) is 0 Å². The number of aryl methyl sites for hydroxylation is 1. The first-order valence-corrected chi connectivity index (χ1v) is 6.31. The van der Waals surface area contributed by atoms with Crippen molar-refractivity contribution in [2.24, 2.45) is 5.73 Å². The van der Waals surface area contributed by atoms with E-state index in [-0.39, 0.29) is 0 Å². The highest BCUT2D eigenvalue weighted by Crippen LogP contribution is 2.37. The minimum absolute atomic E-state index is 0.619. The van der Waals surface area contributed by atoms with Crippen molar-refractivity contribution >= 4 is 10.9 Å². The Labute approximate surface area is 106 Å². The van der Waals surface area contributed by atoms with E-state index in [0.717, 1.165) is 18.0 Å². The van der Waals surface area contributed by atoms with Gasteiger partial charge in [-0.2, -0.15) is 0 Å². The molecule has 0 saturated heterocycles. The fourth-order valence-electron chi connectivity index (χ4n) is 2.60. The third-order valence-electron chi connectivity index (χ3n) is 3.66. The molecule has 4 nitrogen and oxygen atoms in total. The predicted molar refractivity (Wildman–Crippen MR) is 71.5 cm³/mol. The highest BCUT2D eigenvalue weighted by molar-refractivity contribution is 5.88. The minimum Gasteiger partial charge on any atom is -0.486 e. The van der Waals surface area contributed by atoms with Crippen LogP contribution in [0.1, 0.15) is 11.3 Å². The minimum atomic E-state index is 0.619. The van der Waals surface area contributed by atoms with Gasteiger partial charge in [0, 0.05) is 30.2 Å². The molecule has 0 atom stereocenters. The first kappa shape index (κ1) is 11.4. The lowest BCUT2D eigenvalue weighted by atomic mass is 10.1. The zero-order valence-corrected chi connectivity index (χ0v) is 10.8. The third kappa shape index (κ3) is 1.56.